The molecule has 0 bridgehead atoms. The van der Waals surface area contributed by atoms with Gasteiger partial charge in [-0.2, -0.15) is 4.31 Å². The summed E-state index contributed by atoms with van der Waals surface area (Å²) in [5.41, 5.74) is 3.69. The zero-order valence-corrected chi connectivity index (χ0v) is 22.7. The van der Waals surface area contributed by atoms with Crippen LogP contribution in [0.2, 0.25) is 5.02 Å². The second kappa shape index (κ2) is 10.4. The fraction of sp³-hybridized carbons (Fsp3) is 0.276. The minimum Gasteiger partial charge on any atom is -0.491 e. The molecule has 0 saturated carbocycles. The molecule has 9 heteroatoms. The number of benzene rings is 3. The lowest BCUT2D eigenvalue weighted by molar-refractivity contribution is -0.137. The van der Waals surface area contributed by atoms with E-state index in [-0.39, 0.29) is 23.5 Å². The third-order valence-corrected chi connectivity index (χ3v) is 8.95. The van der Waals surface area contributed by atoms with Crippen LogP contribution in [-0.2, 0) is 21.4 Å². The quantitative estimate of drug-likeness (QED) is 0.289. The average molecular weight is 553 g/mol. The monoisotopic (exact) mass is 552 g/mol. The fourth-order valence-electron chi connectivity index (χ4n) is 5.06. The number of aliphatic carboxylic acids is 1. The van der Waals surface area contributed by atoms with Crippen molar-refractivity contribution in [3.05, 3.63) is 83.5 Å². The second-order valence-electron chi connectivity index (χ2n) is 9.83. The van der Waals surface area contributed by atoms with Gasteiger partial charge in [0.15, 0.2) is 0 Å². The van der Waals surface area contributed by atoms with E-state index >= 15 is 0 Å². The number of carboxylic acid groups (broad SMARTS) is 1. The van der Waals surface area contributed by atoms with Crippen molar-refractivity contribution in [1.82, 2.24) is 8.87 Å². The Morgan fingerprint density at radius 3 is 2.39 bits per heavy atom. The smallest absolute Gasteiger partial charge is 0.323 e. The van der Waals surface area contributed by atoms with Crippen molar-refractivity contribution in [3.63, 3.8) is 0 Å². The van der Waals surface area contributed by atoms with E-state index in [2.05, 4.69) is 0 Å². The third kappa shape index (κ3) is 5.29. The lowest BCUT2D eigenvalue weighted by Crippen LogP contribution is -2.28. The molecule has 3 aromatic carbocycles. The van der Waals surface area contributed by atoms with Crippen LogP contribution in [0.1, 0.15) is 31.7 Å². The summed E-state index contributed by atoms with van der Waals surface area (Å²) < 4.78 is 35.6. The van der Waals surface area contributed by atoms with Crippen molar-refractivity contribution in [1.29, 1.82) is 0 Å². The van der Waals surface area contributed by atoms with Crippen LogP contribution >= 0.6 is 11.6 Å². The van der Waals surface area contributed by atoms with Gasteiger partial charge in [-0.25, -0.2) is 8.42 Å². The number of rotatable bonds is 8. The number of carbonyl (C=O) groups is 1. The molecule has 0 amide bonds. The number of sulfonamides is 1. The van der Waals surface area contributed by atoms with Crippen LogP contribution in [0.4, 0.5) is 0 Å². The SMILES string of the molecule is CC(C)Oc1ccc(S(=O)(=O)N2CCC(c3cn(CC(=O)O)c4cc(-c5ccc(Cl)cc5)ccc34)C2)cc1. The maximum absolute atomic E-state index is 13.4. The number of ether oxygens (including phenoxy) is 1. The van der Waals surface area contributed by atoms with Gasteiger partial charge in [0.25, 0.3) is 0 Å². The van der Waals surface area contributed by atoms with Crippen LogP contribution < -0.4 is 4.74 Å². The van der Waals surface area contributed by atoms with Crippen LogP contribution in [0.3, 0.4) is 0 Å². The van der Waals surface area contributed by atoms with Gasteiger partial charge >= 0.3 is 5.97 Å². The molecular weight excluding hydrogens is 524 g/mol. The largest absolute Gasteiger partial charge is 0.491 e. The van der Waals surface area contributed by atoms with Gasteiger partial charge in [0.1, 0.15) is 12.3 Å². The van der Waals surface area contributed by atoms with E-state index < -0.39 is 16.0 Å². The summed E-state index contributed by atoms with van der Waals surface area (Å²) in [5.74, 6) is -0.361. The first-order chi connectivity index (χ1) is 18.1. The summed E-state index contributed by atoms with van der Waals surface area (Å²) in [7, 11) is -3.67. The van der Waals surface area contributed by atoms with Gasteiger partial charge in [-0.1, -0.05) is 35.9 Å². The highest BCUT2D eigenvalue weighted by molar-refractivity contribution is 7.89. The number of fused-ring (bicyclic) bond motifs is 1. The highest BCUT2D eigenvalue weighted by atomic mass is 35.5. The third-order valence-electron chi connectivity index (χ3n) is 6.82. The van der Waals surface area contributed by atoms with Gasteiger partial charge < -0.3 is 14.4 Å². The predicted octanol–water partition coefficient (Wildman–Crippen LogP) is 6.01. The zero-order chi connectivity index (χ0) is 27.0. The Kier molecular flexibility index (Phi) is 7.22. The fourth-order valence-corrected chi connectivity index (χ4v) is 6.68. The van der Waals surface area contributed by atoms with Crippen molar-refractivity contribution >= 4 is 38.5 Å². The molecule has 0 radical (unpaired) electrons. The van der Waals surface area contributed by atoms with E-state index in [0.29, 0.717) is 30.3 Å². The number of halogens is 1. The van der Waals surface area contributed by atoms with Crippen LogP contribution in [-0.4, -0.2) is 47.6 Å². The van der Waals surface area contributed by atoms with E-state index in [4.69, 9.17) is 16.3 Å². The van der Waals surface area contributed by atoms with Gasteiger partial charge in [0, 0.05) is 41.1 Å². The van der Waals surface area contributed by atoms with Crippen molar-refractivity contribution < 1.29 is 23.1 Å². The lowest BCUT2D eigenvalue weighted by atomic mass is 9.96. The predicted molar refractivity (Wildman–Crippen MR) is 148 cm³/mol. The van der Waals surface area contributed by atoms with Gasteiger partial charge in [-0.15, -0.1) is 0 Å². The minimum absolute atomic E-state index is 0.00215. The molecule has 7 nitrogen and oxygen atoms in total. The molecule has 2 heterocycles. The maximum atomic E-state index is 13.4. The highest BCUT2D eigenvalue weighted by Crippen LogP contribution is 2.37. The number of nitrogens with zero attached hydrogens (tertiary/aromatic N) is 2. The standard InChI is InChI=1S/C29H29ClN2O5S/c1-19(2)37-24-8-10-25(11-9-24)38(35,36)32-14-13-22(16-32)27-17-31(18-29(33)34)28-15-21(5-12-26(27)28)20-3-6-23(30)7-4-20/h3-12,15,17,19,22H,13-14,16,18H2,1-2H3,(H,33,34). The number of hydrogen-bond acceptors (Lipinski definition) is 4. The first-order valence-electron chi connectivity index (χ1n) is 12.5. The van der Waals surface area contributed by atoms with Gasteiger partial charge in [-0.05, 0) is 79.4 Å². The Hall–Kier alpha value is -3.33. The Labute approximate surface area is 227 Å². The van der Waals surface area contributed by atoms with E-state index in [9.17, 15) is 18.3 Å². The molecule has 1 atom stereocenters. The molecule has 0 aliphatic carbocycles. The van der Waals surface area contributed by atoms with Crippen LogP contribution in [0, 0.1) is 0 Å². The first-order valence-corrected chi connectivity index (χ1v) is 14.3. The Balaban J connectivity index is 1.44. The maximum Gasteiger partial charge on any atom is 0.323 e. The molecule has 1 aliphatic rings. The summed E-state index contributed by atoms with van der Waals surface area (Å²) in [6.07, 6.45) is 2.52. The first kappa shape index (κ1) is 26.3. The molecular formula is C29H29ClN2O5S. The van der Waals surface area contributed by atoms with Crippen molar-refractivity contribution in [2.45, 2.75) is 43.7 Å². The molecule has 4 aromatic rings. The average Bonchev–Trinajstić information content (AvgIpc) is 3.50. The van der Waals surface area contributed by atoms with Crippen LogP contribution in [0.15, 0.2) is 77.8 Å². The van der Waals surface area contributed by atoms with E-state index in [1.807, 2.05) is 62.5 Å². The van der Waals surface area contributed by atoms with Gasteiger partial charge in [0.2, 0.25) is 10.0 Å². The summed E-state index contributed by atoms with van der Waals surface area (Å²) in [6, 6.07) is 20.0. The summed E-state index contributed by atoms with van der Waals surface area (Å²) >= 11 is 6.04. The van der Waals surface area contributed by atoms with Crippen molar-refractivity contribution in [2.75, 3.05) is 13.1 Å². The second-order valence-corrected chi connectivity index (χ2v) is 12.2. The summed E-state index contributed by atoms with van der Waals surface area (Å²) in [5, 5.41) is 11.1. The van der Waals surface area contributed by atoms with Crippen LogP contribution in [0.25, 0.3) is 22.0 Å². The van der Waals surface area contributed by atoms with Gasteiger partial charge in [-0.3, -0.25) is 4.79 Å². The Bertz CT molecular complexity index is 1580. The molecule has 1 aliphatic heterocycles. The molecule has 0 spiro atoms. The molecule has 1 saturated heterocycles. The minimum atomic E-state index is -3.67. The van der Waals surface area contributed by atoms with Crippen molar-refractivity contribution in [3.8, 4) is 16.9 Å². The number of aromatic nitrogens is 1. The topological polar surface area (TPSA) is 88.8 Å². The summed E-state index contributed by atoms with van der Waals surface area (Å²) in [6.45, 7) is 4.38. The molecule has 198 valence electrons. The van der Waals surface area contributed by atoms with E-state index in [1.165, 1.54) is 4.31 Å². The van der Waals surface area contributed by atoms with Crippen LogP contribution in [0.5, 0.6) is 5.75 Å². The molecule has 1 fully saturated rings. The van der Waals surface area contributed by atoms with Crippen molar-refractivity contribution in [2.24, 2.45) is 0 Å². The molecule has 1 N–H and O–H groups in total. The molecule has 38 heavy (non-hydrogen) atoms. The highest BCUT2D eigenvalue weighted by Gasteiger charge is 2.34. The molecule has 1 unspecified atom stereocenters. The molecule has 1 aromatic heterocycles. The Morgan fingerprint density at radius 2 is 1.74 bits per heavy atom. The lowest BCUT2D eigenvalue weighted by Gasteiger charge is -2.17. The zero-order valence-electron chi connectivity index (χ0n) is 21.2. The Morgan fingerprint density at radius 1 is 1.05 bits per heavy atom. The number of hydrogen-bond donors (Lipinski definition) is 1. The van der Waals surface area contributed by atoms with E-state index in [1.54, 1.807) is 28.8 Å². The summed E-state index contributed by atoms with van der Waals surface area (Å²) in [4.78, 5) is 11.9. The normalized spacial score (nSPS) is 16.4. The van der Waals surface area contributed by atoms with E-state index in [0.717, 1.165) is 27.6 Å². The number of carboxylic acids is 1. The molecule has 5 rings (SSSR count). The van der Waals surface area contributed by atoms with Gasteiger partial charge in [0.05, 0.1) is 11.0 Å².